The molecule has 126 valence electrons. The Bertz CT molecular complexity index is 975. The van der Waals surface area contributed by atoms with Crippen molar-refractivity contribution in [3.05, 3.63) is 46.4 Å². The number of hydrogen-bond donors (Lipinski definition) is 1. The fourth-order valence-electron chi connectivity index (χ4n) is 3.03. The van der Waals surface area contributed by atoms with Gasteiger partial charge < -0.3 is 9.84 Å². The molecule has 0 unspecified atom stereocenters. The lowest BCUT2D eigenvalue weighted by molar-refractivity contribution is 0.102. The number of amides is 1. The number of nitrogens with one attached hydrogen (secondary N) is 1. The van der Waals surface area contributed by atoms with E-state index in [2.05, 4.69) is 20.4 Å². The maximum atomic E-state index is 12.9. The Morgan fingerprint density at radius 1 is 1.20 bits per heavy atom. The maximum absolute atomic E-state index is 12.9. The van der Waals surface area contributed by atoms with Gasteiger partial charge in [-0.25, -0.2) is 9.97 Å². The van der Waals surface area contributed by atoms with E-state index in [4.69, 9.17) is 16.1 Å². The molecule has 5 rings (SSSR count). The van der Waals surface area contributed by atoms with Crippen molar-refractivity contribution >= 4 is 34.4 Å². The van der Waals surface area contributed by atoms with Crippen LogP contribution in [-0.4, -0.2) is 21.0 Å². The van der Waals surface area contributed by atoms with E-state index in [1.807, 2.05) is 6.07 Å². The molecule has 0 radical (unpaired) electrons. The first-order valence-electron chi connectivity index (χ1n) is 8.42. The molecule has 0 aromatic carbocycles. The Morgan fingerprint density at radius 3 is 2.68 bits per heavy atom. The van der Waals surface area contributed by atoms with Crippen LogP contribution in [0.15, 0.2) is 28.9 Å². The largest absolute Gasteiger partial charge is 0.335 e. The average Bonchev–Trinajstić information content (AvgIpc) is 3.53. The molecule has 3 aromatic rings. The minimum absolute atomic E-state index is 0.228. The average molecular weight is 355 g/mol. The monoisotopic (exact) mass is 354 g/mol. The first-order valence-corrected chi connectivity index (χ1v) is 8.80. The number of anilines is 1. The van der Waals surface area contributed by atoms with Gasteiger partial charge in [-0.1, -0.05) is 16.8 Å². The molecule has 25 heavy (non-hydrogen) atoms. The molecule has 0 bridgehead atoms. The highest BCUT2D eigenvalue weighted by Gasteiger charge is 2.34. The van der Waals surface area contributed by atoms with E-state index in [0.717, 1.165) is 42.5 Å². The predicted molar refractivity (Wildman–Crippen MR) is 93.0 cm³/mol. The van der Waals surface area contributed by atoms with Crippen LogP contribution in [0.3, 0.4) is 0 Å². The zero-order valence-corrected chi connectivity index (χ0v) is 14.1. The van der Waals surface area contributed by atoms with E-state index in [-0.39, 0.29) is 5.91 Å². The van der Waals surface area contributed by atoms with Crippen molar-refractivity contribution in [3.63, 3.8) is 0 Å². The van der Waals surface area contributed by atoms with Crippen LogP contribution < -0.4 is 5.32 Å². The molecule has 2 aliphatic rings. The number of carbonyl (C=O) groups is 1. The molecule has 0 atom stereocenters. The molecular weight excluding hydrogens is 340 g/mol. The van der Waals surface area contributed by atoms with Gasteiger partial charge >= 0.3 is 0 Å². The van der Waals surface area contributed by atoms with E-state index in [1.54, 1.807) is 12.1 Å². The number of fused-ring (bicyclic) bond motifs is 1. The SMILES string of the molecule is O=C(Nc1ccc(Cl)cn1)c1cc(C2CC2)nc2onc(C3CC3)c12. The standard InChI is InChI=1S/C18H15ClN4O2/c19-11-5-6-14(20-8-11)22-17(24)12-7-13(9-1-2-9)21-18-15(12)16(23-25-18)10-3-4-10/h5-10H,1-4H2,(H,20,22,24). The molecule has 0 saturated heterocycles. The van der Waals surface area contributed by atoms with Crippen LogP contribution in [0.1, 0.15) is 59.3 Å². The molecular formula is C18H15ClN4O2. The summed E-state index contributed by atoms with van der Waals surface area (Å²) in [6.07, 6.45) is 5.85. The number of carbonyl (C=O) groups excluding carboxylic acids is 1. The van der Waals surface area contributed by atoms with Crippen molar-refractivity contribution in [1.82, 2.24) is 15.1 Å². The normalized spacial score (nSPS) is 17.0. The Kier molecular flexibility index (Phi) is 3.28. The van der Waals surface area contributed by atoms with Gasteiger partial charge in [-0.2, -0.15) is 0 Å². The lowest BCUT2D eigenvalue weighted by Crippen LogP contribution is -2.14. The highest BCUT2D eigenvalue weighted by atomic mass is 35.5. The molecule has 6 nitrogen and oxygen atoms in total. The van der Waals surface area contributed by atoms with E-state index < -0.39 is 0 Å². The highest BCUT2D eigenvalue weighted by Crippen LogP contribution is 2.45. The van der Waals surface area contributed by atoms with Gasteiger partial charge in [-0.15, -0.1) is 0 Å². The molecule has 1 amide bonds. The molecule has 2 aliphatic carbocycles. The number of rotatable bonds is 4. The summed E-state index contributed by atoms with van der Waals surface area (Å²) in [4.78, 5) is 21.6. The number of nitrogens with zero attached hydrogens (tertiary/aromatic N) is 3. The van der Waals surface area contributed by atoms with Crippen molar-refractivity contribution in [1.29, 1.82) is 0 Å². The highest BCUT2D eigenvalue weighted by molar-refractivity contribution is 6.30. The van der Waals surface area contributed by atoms with Gasteiger partial charge in [0.2, 0.25) is 0 Å². The van der Waals surface area contributed by atoms with Gasteiger partial charge in [0.05, 0.1) is 21.7 Å². The smallest absolute Gasteiger partial charge is 0.259 e. The van der Waals surface area contributed by atoms with Crippen molar-refractivity contribution in [2.75, 3.05) is 5.32 Å². The van der Waals surface area contributed by atoms with E-state index in [9.17, 15) is 4.79 Å². The third-order valence-electron chi connectivity index (χ3n) is 4.67. The second-order valence-corrected chi connectivity index (χ2v) is 7.14. The molecule has 0 aliphatic heterocycles. The zero-order valence-electron chi connectivity index (χ0n) is 13.3. The lowest BCUT2D eigenvalue weighted by atomic mass is 10.1. The fraction of sp³-hybridized carbons (Fsp3) is 0.333. The maximum Gasteiger partial charge on any atom is 0.259 e. The van der Waals surface area contributed by atoms with E-state index >= 15 is 0 Å². The lowest BCUT2D eigenvalue weighted by Gasteiger charge is -2.08. The summed E-state index contributed by atoms with van der Waals surface area (Å²) < 4.78 is 5.45. The summed E-state index contributed by atoms with van der Waals surface area (Å²) in [6.45, 7) is 0. The van der Waals surface area contributed by atoms with Gasteiger partial charge in [0.25, 0.3) is 11.6 Å². The summed E-state index contributed by atoms with van der Waals surface area (Å²) >= 11 is 5.85. The Morgan fingerprint density at radius 2 is 2.00 bits per heavy atom. The molecule has 3 aromatic heterocycles. The van der Waals surface area contributed by atoms with Gasteiger partial charge in [-0.05, 0) is 43.9 Å². The Labute approximate surface area is 148 Å². The molecule has 2 fully saturated rings. The first-order chi connectivity index (χ1) is 12.2. The molecule has 2 saturated carbocycles. The summed E-state index contributed by atoms with van der Waals surface area (Å²) in [5.74, 6) is 1.01. The minimum Gasteiger partial charge on any atom is -0.335 e. The number of hydrogen-bond acceptors (Lipinski definition) is 5. The van der Waals surface area contributed by atoms with Gasteiger partial charge in [0.1, 0.15) is 5.82 Å². The second-order valence-electron chi connectivity index (χ2n) is 6.71. The van der Waals surface area contributed by atoms with Crippen molar-refractivity contribution in [2.45, 2.75) is 37.5 Å². The number of aromatic nitrogens is 3. The van der Waals surface area contributed by atoms with Crippen LogP contribution in [0.4, 0.5) is 5.82 Å². The molecule has 3 heterocycles. The number of halogens is 1. The van der Waals surface area contributed by atoms with Gasteiger partial charge in [0, 0.05) is 23.7 Å². The quantitative estimate of drug-likeness (QED) is 0.756. The van der Waals surface area contributed by atoms with Crippen LogP contribution in [0, 0.1) is 0 Å². The molecule has 0 spiro atoms. The van der Waals surface area contributed by atoms with E-state index in [0.29, 0.717) is 34.0 Å². The second kappa shape index (κ2) is 5.52. The summed E-state index contributed by atoms with van der Waals surface area (Å²) in [6, 6.07) is 5.25. The van der Waals surface area contributed by atoms with Crippen LogP contribution >= 0.6 is 11.6 Å². The van der Waals surface area contributed by atoms with E-state index in [1.165, 1.54) is 6.20 Å². The third kappa shape index (κ3) is 2.76. The summed E-state index contributed by atoms with van der Waals surface area (Å²) in [5.41, 5.74) is 2.77. The topological polar surface area (TPSA) is 80.9 Å². The third-order valence-corrected chi connectivity index (χ3v) is 4.89. The first kappa shape index (κ1) is 14.8. The summed E-state index contributed by atoms with van der Waals surface area (Å²) in [5, 5.41) is 8.28. The fourth-order valence-corrected chi connectivity index (χ4v) is 3.14. The number of pyridine rings is 2. The van der Waals surface area contributed by atoms with Crippen molar-refractivity contribution in [3.8, 4) is 0 Å². The van der Waals surface area contributed by atoms with Crippen LogP contribution in [0.2, 0.25) is 5.02 Å². The Balaban J connectivity index is 1.58. The predicted octanol–water partition coefficient (Wildman–Crippen LogP) is 4.28. The van der Waals surface area contributed by atoms with Crippen LogP contribution in [-0.2, 0) is 0 Å². The van der Waals surface area contributed by atoms with Crippen molar-refractivity contribution < 1.29 is 9.32 Å². The van der Waals surface area contributed by atoms with Crippen LogP contribution in [0.5, 0.6) is 0 Å². The zero-order chi connectivity index (χ0) is 17.0. The Hall–Kier alpha value is -2.47. The molecule has 1 N–H and O–H groups in total. The van der Waals surface area contributed by atoms with Gasteiger partial charge in [-0.3, -0.25) is 4.79 Å². The minimum atomic E-state index is -0.228. The van der Waals surface area contributed by atoms with Crippen molar-refractivity contribution in [2.24, 2.45) is 0 Å². The van der Waals surface area contributed by atoms with Gasteiger partial charge in [0.15, 0.2) is 0 Å². The molecule has 7 heteroatoms. The summed E-state index contributed by atoms with van der Waals surface area (Å²) in [7, 11) is 0. The van der Waals surface area contributed by atoms with Crippen LogP contribution in [0.25, 0.3) is 11.1 Å².